The lowest BCUT2D eigenvalue weighted by molar-refractivity contribution is 0.293. The summed E-state index contributed by atoms with van der Waals surface area (Å²) in [6.07, 6.45) is 2.59. The topological polar surface area (TPSA) is 30.5 Å². The number of benzene rings is 2. The van der Waals surface area contributed by atoms with Gasteiger partial charge in [-0.1, -0.05) is 36.4 Å². The molecule has 0 bridgehead atoms. The molecule has 3 heteroatoms. The highest BCUT2D eigenvalue weighted by molar-refractivity contribution is 5.36. The van der Waals surface area contributed by atoms with Gasteiger partial charge in [-0.25, -0.2) is 0 Å². The van der Waals surface area contributed by atoms with Crippen LogP contribution in [0.4, 0.5) is 0 Å². The monoisotopic (exact) mass is 283 g/mol. The third kappa shape index (κ3) is 3.76. The van der Waals surface area contributed by atoms with Crippen LogP contribution in [0.15, 0.2) is 48.5 Å². The van der Waals surface area contributed by atoms with Crippen molar-refractivity contribution in [2.45, 2.75) is 32.0 Å². The van der Waals surface area contributed by atoms with Gasteiger partial charge < -0.3 is 14.8 Å². The van der Waals surface area contributed by atoms with Crippen molar-refractivity contribution in [1.82, 2.24) is 5.32 Å². The molecule has 1 saturated carbocycles. The lowest BCUT2D eigenvalue weighted by atomic mass is 10.2. The van der Waals surface area contributed by atoms with Crippen molar-refractivity contribution < 1.29 is 9.47 Å². The van der Waals surface area contributed by atoms with E-state index in [1.54, 1.807) is 7.11 Å². The van der Waals surface area contributed by atoms with Crippen LogP contribution in [0.25, 0.3) is 0 Å². The highest BCUT2D eigenvalue weighted by Gasteiger charge is 2.20. The largest absolute Gasteiger partial charge is 0.496 e. The number of nitrogens with one attached hydrogen (secondary N) is 1. The average Bonchev–Trinajstić information content (AvgIpc) is 3.36. The van der Waals surface area contributed by atoms with E-state index >= 15 is 0 Å². The first-order valence-corrected chi connectivity index (χ1v) is 7.43. The predicted molar refractivity (Wildman–Crippen MR) is 83.6 cm³/mol. The highest BCUT2D eigenvalue weighted by Crippen LogP contribution is 2.24. The molecule has 0 aliphatic heterocycles. The quantitative estimate of drug-likeness (QED) is 0.843. The fraction of sp³-hybridized carbons (Fsp3) is 0.333. The summed E-state index contributed by atoms with van der Waals surface area (Å²) in [7, 11) is 1.69. The van der Waals surface area contributed by atoms with E-state index in [0.29, 0.717) is 12.6 Å². The van der Waals surface area contributed by atoms with Gasteiger partial charge in [-0.15, -0.1) is 0 Å². The number of rotatable bonds is 7. The molecule has 3 rings (SSSR count). The van der Waals surface area contributed by atoms with E-state index in [1.807, 2.05) is 36.4 Å². The summed E-state index contributed by atoms with van der Waals surface area (Å²) >= 11 is 0. The summed E-state index contributed by atoms with van der Waals surface area (Å²) in [5.41, 5.74) is 2.27. The molecular formula is C18H21NO2. The molecule has 0 amide bonds. The third-order valence-corrected chi connectivity index (χ3v) is 3.71. The summed E-state index contributed by atoms with van der Waals surface area (Å²) in [5.74, 6) is 1.81. The predicted octanol–water partition coefficient (Wildman–Crippen LogP) is 3.53. The van der Waals surface area contributed by atoms with E-state index in [4.69, 9.17) is 9.47 Å². The maximum Gasteiger partial charge on any atom is 0.125 e. The van der Waals surface area contributed by atoms with E-state index in [1.165, 1.54) is 18.4 Å². The zero-order chi connectivity index (χ0) is 14.5. The zero-order valence-electron chi connectivity index (χ0n) is 12.3. The van der Waals surface area contributed by atoms with Crippen molar-refractivity contribution >= 4 is 0 Å². The maximum absolute atomic E-state index is 6.00. The maximum atomic E-state index is 6.00. The number of para-hydroxylation sites is 2. The first kappa shape index (κ1) is 14.0. The Morgan fingerprint density at radius 3 is 2.33 bits per heavy atom. The van der Waals surface area contributed by atoms with Gasteiger partial charge in [0.1, 0.15) is 18.1 Å². The van der Waals surface area contributed by atoms with Crippen LogP contribution in [0.3, 0.4) is 0 Å². The molecule has 0 saturated heterocycles. The Morgan fingerprint density at radius 1 is 0.952 bits per heavy atom. The van der Waals surface area contributed by atoms with Gasteiger partial charge in [0.25, 0.3) is 0 Å². The van der Waals surface area contributed by atoms with Gasteiger partial charge >= 0.3 is 0 Å². The van der Waals surface area contributed by atoms with Crippen molar-refractivity contribution in [2.24, 2.45) is 0 Å². The first-order valence-electron chi connectivity index (χ1n) is 7.43. The van der Waals surface area contributed by atoms with E-state index in [2.05, 4.69) is 17.4 Å². The SMILES string of the molecule is COc1ccccc1COc1ccccc1CNC1CC1. The molecule has 1 fully saturated rings. The second-order valence-corrected chi connectivity index (χ2v) is 5.36. The molecule has 0 radical (unpaired) electrons. The molecule has 0 atom stereocenters. The van der Waals surface area contributed by atoms with Crippen molar-refractivity contribution in [3.63, 3.8) is 0 Å². The third-order valence-electron chi connectivity index (χ3n) is 3.71. The van der Waals surface area contributed by atoms with Crippen LogP contribution >= 0.6 is 0 Å². The Bertz CT molecular complexity index is 593. The number of methoxy groups -OCH3 is 1. The highest BCUT2D eigenvalue weighted by atomic mass is 16.5. The molecule has 1 aliphatic rings. The van der Waals surface area contributed by atoms with E-state index in [-0.39, 0.29) is 0 Å². The van der Waals surface area contributed by atoms with Crippen LogP contribution in [0.2, 0.25) is 0 Å². The minimum atomic E-state index is 0.518. The summed E-state index contributed by atoms with van der Waals surface area (Å²) in [6, 6.07) is 16.9. The Kier molecular flexibility index (Phi) is 4.41. The van der Waals surface area contributed by atoms with E-state index in [9.17, 15) is 0 Å². The molecule has 21 heavy (non-hydrogen) atoms. The standard InChI is InChI=1S/C18H21NO2/c1-20-17-8-4-3-7-15(17)13-21-18-9-5-2-6-14(18)12-19-16-10-11-16/h2-9,16,19H,10-13H2,1H3. The van der Waals surface area contributed by atoms with Crippen LogP contribution in [0.5, 0.6) is 11.5 Å². The Hall–Kier alpha value is -2.00. The molecular weight excluding hydrogens is 262 g/mol. The second-order valence-electron chi connectivity index (χ2n) is 5.36. The van der Waals surface area contributed by atoms with Crippen LogP contribution < -0.4 is 14.8 Å². The molecule has 0 aromatic heterocycles. The minimum Gasteiger partial charge on any atom is -0.496 e. The fourth-order valence-corrected chi connectivity index (χ4v) is 2.31. The molecule has 3 nitrogen and oxygen atoms in total. The second kappa shape index (κ2) is 6.64. The van der Waals surface area contributed by atoms with Crippen molar-refractivity contribution in [3.05, 3.63) is 59.7 Å². The van der Waals surface area contributed by atoms with E-state index < -0.39 is 0 Å². The van der Waals surface area contributed by atoms with Gasteiger partial charge in [0.2, 0.25) is 0 Å². The zero-order valence-corrected chi connectivity index (χ0v) is 12.3. The lowest BCUT2D eigenvalue weighted by Gasteiger charge is -2.13. The molecule has 0 spiro atoms. The smallest absolute Gasteiger partial charge is 0.125 e. The van der Waals surface area contributed by atoms with Crippen molar-refractivity contribution in [3.8, 4) is 11.5 Å². The van der Waals surface area contributed by atoms with Crippen LogP contribution in [0, 0.1) is 0 Å². The first-order chi connectivity index (χ1) is 10.4. The van der Waals surface area contributed by atoms with Gasteiger partial charge in [0.15, 0.2) is 0 Å². The van der Waals surface area contributed by atoms with Gasteiger partial charge in [-0.05, 0) is 25.0 Å². The van der Waals surface area contributed by atoms with Crippen molar-refractivity contribution in [2.75, 3.05) is 7.11 Å². The van der Waals surface area contributed by atoms with Crippen LogP contribution in [-0.4, -0.2) is 13.2 Å². The molecule has 0 heterocycles. The van der Waals surface area contributed by atoms with E-state index in [0.717, 1.165) is 23.6 Å². The number of ether oxygens (including phenoxy) is 2. The molecule has 1 aliphatic carbocycles. The van der Waals surface area contributed by atoms with Crippen LogP contribution in [-0.2, 0) is 13.2 Å². The van der Waals surface area contributed by atoms with Gasteiger partial charge in [-0.2, -0.15) is 0 Å². The summed E-state index contributed by atoms with van der Waals surface area (Å²) in [4.78, 5) is 0. The number of hydrogen-bond donors (Lipinski definition) is 1. The molecule has 2 aromatic carbocycles. The Labute approximate surface area is 125 Å². The lowest BCUT2D eigenvalue weighted by Crippen LogP contribution is -2.16. The molecule has 0 unspecified atom stereocenters. The molecule has 110 valence electrons. The summed E-state index contributed by atoms with van der Waals surface area (Å²) < 4.78 is 11.4. The number of hydrogen-bond acceptors (Lipinski definition) is 3. The average molecular weight is 283 g/mol. The summed E-state index contributed by atoms with van der Waals surface area (Å²) in [5, 5.41) is 3.53. The van der Waals surface area contributed by atoms with Crippen molar-refractivity contribution in [1.29, 1.82) is 0 Å². The van der Waals surface area contributed by atoms with Gasteiger partial charge in [0, 0.05) is 23.7 Å². The van der Waals surface area contributed by atoms with Crippen LogP contribution in [0.1, 0.15) is 24.0 Å². The normalized spacial score (nSPS) is 14.0. The molecule has 2 aromatic rings. The minimum absolute atomic E-state index is 0.518. The Morgan fingerprint density at radius 2 is 1.62 bits per heavy atom. The summed E-state index contributed by atoms with van der Waals surface area (Å²) in [6.45, 7) is 1.39. The molecule has 1 N–H and O–H groups in total. The fourth-order valence-electron chi connectivity index (χ4n) is 2.31. The van der Waals surface area contributed by atoms with Gasteiger partial charge in [-0.3, -0.25) is 0 Å². The Balaban J connectivity index is 1.66. The van der Waals surface area contributed by atoms with Gasteiger partial charge in [0.05, 0.1) is 7.11 Å².